The predicted molar refractivity (Wildman–Crippen MR) is 129 cm³/mol. The fraction of sp³-hybridized carbons (Fsp3) is 0.542. The van der Waals surface area contributed by atoms with Crippen molar-refractivity contribution in [3.63, 3.8) is 0 Å². The number of amides is 2. The minimum absolute atomic E-state index is 0.0365. The number of carbonyl (C=O) groups excluding carboxylic acids is 2. The third-order valence-corrected chi connectivity index (χ3v) is 8.22. The van der Waals surface area contributed by atoms with E-state index in [1.807, 2.05) is 0 Å². The maximum absolute atomic E-state index is 13.0. The minimum Gasteiger partial charge on any atom is -0.481 e. The topological polar surface area (TPSA) is 125 Å². The molecule has 0 aromatic heterocycles. The van der Waals surface area contributed by atoms with Gasteiger partial charge in [0.2, 0.25) is 15.9 Å². The molecular formula is C24H33N3O7S. The number of carbonyl (C=O) groups is 3. The molecule has 3 rings (SSSR count). The lowest BCUT2D eigenvalue weighted by Gasteiger charge is -2.43. The molecule has 0 unspecified atom stereocenters. The van der Waals surface area contributed by atoms with E-state index in [2.05, 4.69) is 6.58 Å². The van der Waals surface area contributed by atoms with E-state index >= 15 is 0 Å². The lowest BCUT2D eigenvalue weighted by Crippen LogP contribution is -2.58. The van der Waals surface area contributed by atoms with Gasteiger partial charge in [-0.15, -0.1) is 0 Å². The monoisotopic (exact) mass is 507 g/mol. The predicted octanol–water partition coefficient (Wildman–Crippen LogP) is 2.26. The molecule has 0 saturated carbocycles. The highest BCUT2D eigenvalue weighted by molar-refractivity contribution is 7.89. The van der Waals surface area contributed by atoms with E-state index < -0.39 is 39.0 Å². The summed E-state index contributed by atoms with van der Waals surface area (Å²) in [5.41, 5.74) is -1.09. The smallest absolute Gasteiger partial charge is 0.410 e. The summed E-state index contributed by atoms with van der Waals surface area (Å²) < 4.78 is 32.5. The molecule has 192 valence electrons. The Morgan fingerprint density at radius 1 is 1.11 bits per heavy atom. The molecule has 1 aromatic rings. The number of aliphatic carboxylic acids is 1. The third-order valence-electron chi connectivity index (χ3n) is 6.36. The van der Waals surface area contributed by atoms with Crippen LogP contribution >= 0.6 is 0 Å². The molecule has 0 radical (unpaired) electrons. The third kappa shape index (κ3) is 6.02. The summed E-state index contributed by atoms with van der Waals surface area (Å²) in [5.74, 6) is -1.48. The number of carboxylic acid groups (broad SMARTS) is 1. The molecule has 1 aromatic carbocycles. The van der Waals surface area contributed by atoms with Crippen molar-refractivity contribution < 1.29 is 32.6 Å². The molecule has 2 amide bonds. The van der Waals surface area contributed by atoms with Gasteiger partial charge in [-0.25, -0.2) is 13.2 Å². The van der Waals surface area contributed by atoms with E-state index in [-0.39, 0.29) is 57.0 Å². The zero-order valence-electron chi connectivity index (χ0n) is 20.4. The van der Waals surface area contributed by atoms with Crippen LogP contribution in [0.15, 0.2) is 35.7 Å². The van der Waals surface area contributed by atoms with Crippen molar-refractivity contribution in [2.24, 2.45) is 5.41 Å². The van der Waals surface area contributed by atoms with Crippen LogP contribution in [0.3, 0.4) is 0 Å². The number of hydrogen-bond donors (Lipinski definition) is 1. The van der Waals surface area contributed by atoms with Crippen molar-refractivity contribution in [3.8, 4) is 0 Å². The largest absolute Gasteiger partial charge is 0.481 e. The second kappa shape index (κ2) is 9.98. The Bertz CT molecular complexity index is 1090. The Kier molecular flexibility index (Phi) is 7.61. The van der Waals surface area contributed by atoms with E-state index in [9.17, 15) is 27.9 Å². The molecule has 35 heavy (non-hydrogen) atoms. The van der Waals surface area contributed by atoms with Gasteiger partial charge in [-0.3, -0.25) is 9.59 Å². The second-order valence-electron chi connectivity index (χ2n) is 9.98. The van der Waals surface area contributed by atoms with E-state index in [0.717, 1.165) is 9.87 Å². The molecule has 0 atom stereocenters. The summed E-state index contributed by atoms with van der Waals surface area (Å²) >= 11 is 0. The van der Waals surface area contributed by atoms with Crippen LogP contribution in [0, 0.1) is 5.41 Å². The van der Waals surface area contributed by atoms with Crippen LogP contribution in [-0.2, 0) is 24.3 Å². The van der Waals surface area contributed by atoms with Gasteiger partial charge in [0.25, 0.3) is 0 Å². The van der Waals surface area contributed by atoms with Crippen molar-refractivity contribution in [2.45, 2.75) is 44.1 Å². The summed E-state index contributed by atoms with van der Waals surface area (Å²) in [6, 6.07) is 6.22. The molecule has 10 nitrogen and oxygen atoms in total. The van der Waals surface area contributed by atoms with Crippen LogP contribution in [0.4, 0.5) is 4.79 Å². The first-order valence-corrected chi connectivity index (χ1v) is 12.9. The number of sulfonamides is 1. The summed E-state index contributed by atoms with van der Waals surface area (Å²) in [6.45, 7) is 9.09. The molecule has 2 saturated heterocycles. The highest BCUT2D eigenvalue weighted by Crippen LogP contribution is 2.34. The first-order chi connectivity index (χ1) is 16.3. The standard InChI is InChI=1S/C24H33N3O7S/c1-5-18-6-8-19(9-7-18)35(32,33)27-15-14-26(20(28)16-27)17-24(21(29)30)10-12-25(13-11-24)22(31)34-23(2,3)4/h5-9H,1,10-17H2,2-4H3,(H,29,30). The molecule has 2 aliphatic rings. The van der Waals surface area contributed by atoms with Crippen molar-refractivity contribution in [3.05, 3.63) is 36.4 Å². The molecule has 2 heterocycles. The highest BCUT2D eigenvalue weighted by Gasteiger charge is 2.46. The molecule has 0 spiro atoms. The Balaban J connectivity index is 1.65. The molecule has 11 heteroatoms. The number of carboxylic acids is 1. The molecule has 2 aliphatic heterocycles. The molecule has 0 bridgehead atoms. The number of piperidine rings is 1. The van der Waals surface area contributed by atoms with Crippen LogP contribution in [0.25, 0.3) is 6.08 Å². The highest BCUT2D eigenvalue weighted by atomic mass is 32.2. The van der Waals surface area contributed by atoms with Crippen LogP contribution in [0.1, 0.15) is 39.2 Å². The van der Waals surface area contributed by atoms with Gasteiger partial charge in [0.1, 0.15) is 5.60 Å². The van der Waals surface area contributed by atoms with Crippen LogP contribution in [0.2, 0.25) is 0 Å². The molecule has 1 N–H and O–H groups in total. The number of piperazine rings is 1. The average molecular weight is 508 g/mol. The quantitative estimate of drug-likeness (QED) is 0.626. The summed E-state index contributed by atoms with van der Waals surface area (Å²) in [7, 11) is -3.86. The fourth-order valence-electron chi connectivity index (χ4n) is 4.23. The van der Waals surface area contributed by atoms with E-state index in [4.69, 9.17) is 4.74 Å². The summed E-state index contributed by atoms with van der Waals surface area (Å²) in [5, 5.41) is 10.0. The number of rotatable bonds is 6. The van der Waals surface area contributed by atoms with Crippen molar-refractivity contribution in [1.82, 2.24) is 14.1 Å². The molecule has 2 fully saturated rings. The van der Waals surface area contributed by atoms with Gasteiger partial charge < -0.3 is 19.6 Å². The van der Waals surface area contributed by atoms with Gasteiger partial charge in [0.05, 0.1) is 16.9 Å². The van der Waals surface area contributed by atoms with Gasteiger partial charge in [0.15, 0.2) is 0 Å². The minimum atomic E-state index is -3.86. The Labute approximate surface area is 206 Å². The van der Waals surface area contributed by atoms with E-state index in [1.165, 1.54) is 21.9 Å². The number of hydrogen-bond acceptors (Lipinski definition) is 6. The second-order valence-corrected chi connectivity index (χ2v) is 11.9. The lowest BCUT2D eigenvalue weighted by atomic mass is 9.77. The SMILES string of the molecule is C=Cc1ccc(S(=O)(=O)N2CCN(CC3(C(=O)O)CCN(C(=O)OC(C)(C)C)CC3)C(=O)C2)cc1. The lowest BCUT2D eigenvalue weighted by molar-refractivity contribution is -0.156. The maximum Gasteiger partial charge on any atom is 0.410 e. The summed E-state index contributed by atoms with van der Waals surface area (Å²) in [4.78, 5) is 40.4. The van der Waals surface area contributed by atoms with E-state index in [1.54, 1.807) is 39.0 Å². The zero-order chi connectivity index (χ0) is 26.0. The Morgan fingerprint density at radius 2 is 1.71 bits per heavy atom. The van der Waals surface area contributed by atoms with Crippen molar-refractivity contribution >= 4 is 34.1 Å². The van der Waals surface area contributed by atoms with Crippen molar-refractivity contribution in [2.75, 3.05) is 39.3 Å². The Morgan fingerprint density at radius 3 is 2.20 bits per heavy atom. The number of likely N-dealkylation sites (tertiary alicyclic amines) is 1. The molecule has 0 aliphatic carbocycles. The van der Waals surface area contributed by atoms with E-state index in [0.29, 0.717) is 0 Å². The first kappa shape index (κ1) is 26.7. The van der Waals surface area contributed by atoms with Gasteiger partial charge in [-0.05, 0) is 51.3 Å². The van der Waals surface area contributed by atoms with Crippen LogP contribution < -0.4 is 0 Å². The van der Waals surface area contributed by atoms with Crippen LogP contribution in [-0.4, -0.2) is 90.5 Å². The first-order valence-electron chi connectivity index (χ1n) is 11.5. The summed E-state index contributed by atoms with van der Waals surface area (Å²) in [6.07, 6.45) is 1.45. The normalized spacial score (nSPS) is 19.3. The van der Waals surface area contributed by atoms with Gasteiger partial charge in [0, 0.05) is 32.7 Å². The van der Waals surface area contributed by atoms with Crippen molar-refractivity contribution in [1.29, 1.82) is 0 Å². The van der Waals surface area contributed by atoms with Gasteiger partial charge in [-0.1, -0.05) is 24.8 Å². The van der Waals surface area contributed by atoms with Gasteiger partial charge in [-0.2, -0.15) is 4.31 Å². The van der Waals surface area contributed by atoms with Gasteiger partial charge >= 0.3 is 12.1 Å². The molecular weight excluding hydrogens is 474 g/mol. The van der Waals surface area contributed by atoms with Crippen LogP contribution in [0.5, 0.6) is 0 Å². The number of nitrogens with zero attached hydrogens (tertiary/aromatic N) is 3. The Hall–Kier alpha value is -2.92. The average Bonchev–Trinajstić information content (AvgIpc) is 2.79. The maximum atomic E-state index is 13.0. The fourth-order valence-corrected chi connectivity index (χ4v) is 5.61. The zero-order valence-corrected chi connectivity index (χ0v) is 21.2. The number of benzene rings is 1. The number of ether oxygens (including phenoxy) is 1.